The molecule has 7 nitrogen and oxygen atoms in total. The number of H-pyrrole nitrogens is 1. The number of carbonyl (C=O) groups is 1. The number of likely N-dealkylation sites (N-methyl/N-ethyl adjacent to an activating group) is 1. The third-order valence-corrected chi connectivity index (χ3v) is 4.84. The number of nitrogens with zero attached hydrogens (tertiary/aromatic N) is 3. The van der Waals surface area contributed by atoms with Gasteiger partial charge in [-0.25, -0.2) is 0 Å². The van der Waals surface area contributed by atoms with Gasteiger partial charge in [-0.15, -0.1) is 0 Å². The predicted octanol–water partition coefficient (Wildman–Crippen LogP) is 3.85. The number of aromatic amines is 1. The van der Waals surface area contributed by atoms with Crippen molar-refractivity contribution in [1.82, 2.24) is 20.0 Å². The lowest BCUT2D eigenvalue weighted by atomic mass is 10.1. The Morgan fingerprint density at radius 1 is 1.17 bits per heavy atom. The number of hydrogen-bond donors (Lipinski definition) is 1. The van der Waals surface area contributed by atoms with E-state index in [0.717, 1.165) is 27.9 Å². The largest absolute Gasteiger partial charge is 0.497 e. The molecule has 148 valence electrons. The smallest absolute Gasteiger partial charge is 0.274 e. The van der Waals surface area contributed by atoms with Crippen LogP contribution in [0.25, 0.3) is 22.5 Å². The SMILES string of the molecule is COc1ccc2[nH]c(-c3nc(CCN(C)C(=O)c4ccc(C)cc4)no3)cc2c1. The molecule has 2 heterocycles. The molecule has 0 radical (unpaired) electrons. The summed E-state index contributed by atoms with van der Waals surface area (Å²) in [7, 11) is 3.41. The number of benzene rings is 2. The van der Waals surface area contributed by atoms with Crippen LogP contribution in [0.1, 0.15) is 21.7 Å². The van der Waals surface area contributed by atoms with Gasteiger partial charge in [0.25, 0.3) is 11.8 Å². The van der Waals surface area contributed by atoms with Gasteiger partial charge in [0.15, 0.2) is 5.82 Å². The number of methoxy groups -OCH3 is 1. The minimum atomic E-state index is -0.0294. The molecule has 0 saturated heterocycles. The van der Waals surface area contributed by atoms with Gasteiger partial charge in [0, 0.05) is 36.5 Å². The number of hydrogen-bond acceptors (Lipinski definition) is 5. The second-order valence-electron chi connectivity index (χ2n) is 6.99. The number of amides is 1. The molecule has 1 N–H and O–H groups in total. The van der Waals surface area contributed by atoms with Gasteiger partial charge >= 0.3 is 0 Å². The molecule has 0 saturated carbocycles. The van der Waals surface area contributed by atoms with E-state index < -0.39 is 0 Å². The highest BCUT2D eigenvalue weighted by atomic mass is 16.5. The van der Waals surface area contributed by atoms with E-state index in [0.29, 0.717) is 30.2 Å². The second-order valence-corrected chi connectivity index (χ2v) is 6.99. The fraction of sp³-hybridized carbons (Fsp3) is 0.227. The van der Waals surface area contributed by atoms with E-state index >= 15 is 0 Å². The van der Waals surface area contributed by atoms with Crippen molar-refractivity contribution in [2.24, 2.45) is 0 Å². The van der Waals surface area contributed by atoms with Gasteiger partial charge in [0.1, 0.15) is 11.4 Å². The number of nitrogens with one attached hydrogen (secondary N) is 1. The van der Waals surface area contributed by atoms with E-state index in [2.05, 4.69) is 15.1 Å². The van der Waals surface area contributed by atoms with Crippen LogP contribution in [0, 0.1) is 6.92 Å². The fourth-order valence-electron chi connectivity index (χ4n) is 3.10. The van der Waals surface area contributed by atoms with E-state index in [1.165, 1.54) is 0 Å². The Morgan fingerprint density at radius 2 is 1.97 bits per heavy atom. The zero-order valence-electron chi connectivity index (χ0n) is 16.6. The third-order valence-electron chi connectivity index (χ3n) is 4.84. The van der Waals surface area contributed by atoms with E-state index in [1.54, 1.807) is 19.1 Å². The van der Waals surface area contributed by atoms with Crippen molar-refractivity contribution in [2.45, 2.75) is 13.3 Å². The summed E-state index contributed by atoms with van der Waals surface area (Å²) in [6, 6.07) is 15.3. The summed E-state index contributed by atoms with van der Waals surface area (Å²) >= 11 is 0. The van der Waals surface area contributed by atoms with Crippen LogP contribution in [0.4, 0.5) is 0 Å². The Hall–Kier alpha value is -3.61. The van der Waals surface area contributed by atoms with Crippen LogP contribution in [0.15, 0.2) is 53.1 Å². The van der Waals surface area contributed by atoms with E-state index in [9.17, 15) is 4.79 Å². The summed E-state index contributed by atoms with van der Waals surface area (Å²) in [6.45, 7) is 2.49. The number of fused-ring (bicyclic) bond motifs is 1. The fourth-order valence-corrected chi connectivity index (χ4v) is 3.10. The van der Waals surface area contributed by atoms with Gasteiger partial charge < -0.3 is 19.1 Å². The summed E-state index contributed by atoms with van der Waals surface area (Å²) in [5.41, 5.74) is 3.50. The van der Waals surface area contributed by atoms with Crippen LogP contribution in [0.5, 0.6) is 5.75 Å². The highest BCUT2D eigenvalue weighted by Crippen LogP contribution is 2.26. The van der Waals surface area contributed by atoms with Crippen LogP contribution < -0.4 is 4.74 Å². The summed E-state index contributed by atoms with van der Waals surface area (Å²) in [5, 5.41) is 5.05. The molecule has 0 aliphatic heterocycles. The molecule has 2 aromatic heterocycles. The minimum absolute atomic E-state index is 0.0294. The van der Waals surface area contributed by atoms with Crippen molar-refractivity contribution in [1.29, 1.82) is 0 Å². The van der Waals surface area contributed by atoms with Crippen LogP contribution >= 0.6 is 0 Å². The van der Waals surface area contributed by atoms with Gasteiger partial charge in [0.2, 0.25) is 0 Å². The Labute approximate surface area is 168 Å². The Morgan fingerprint density at radius 3 is 2.72 bits per heavy atom. The van der Waals surface area contributed by atoms with Crippen molar-refractivity contribution >= 4 is 16.8 Å². The number of aryl methyl sites for hydroxylation is 1. The molecule has 0 bridgehead atoms. The number of ether oxygens (including phenoxy) is 1. The first-order valence-electron chi connectivity index (χ1n) is 9.35. The average Bonchev–Trinajstić information content (AvgIpc) is 3.38. The van der Waals surface area contributed by atoms with Crippen molar-refractivity contribution in [3.05, 3.63) is 65.5 Å². The van der Waals surface area contributed by atoms with E-state index in [1.807, 2.05) is 55.5 Å². The summed E-state index contributed by atoms with van der Waals surface area (Å²) in [4.78, 5) is 21.9. The van der Waals surface area contributed by atoms with E-state index in [4.69, 9.17) is 9.26 Å². The molecule has 0 aliphatic rings. The highest BCUT2D eigenvalue weighted by molar-refractivity contribution is 5.94. The summed E-state index contributed by atoms with van der Waals surface area (Å²) < 4.78 is 10.7. The maximum atomic E-state index is 12.5. The van der Waals surface area contributed by atoms with Crippen molar-refractivity contribution in [3.8, 4) is 17.3 Å². The van der Waals surface area contributed by atoms with Crippen LogP contribution in [-0.2, 0) is 6.42 Å². The molecule has 29 heavy (non-hydrogen) atoms. The van der Waals surface area contributed by atoms with Crippen LogP contribution in [0.2, 0.25) is 0 Å². The lowest BCUT2D eigenvalue weighted by Gasteiger charge is -2.16. The highest BCUT2D eigenvalue weighted by Gasteiger charge is 2.15. The summed E-state index contributed by atoms with van der Waals surface area (Å²) in [6.07, 6.45) is 0.506. The lowest BCUT2D eigenvalue weighted by molar-refractivity contribution is 0.0796. The topological polar surface area (TPSA) is 84.2 Å². The number of rotatable bonds is 6. The first-order chi connectivity index (χ1) is 14.0. The first kappa shape index (κ1) is 18.7. The molecule has 0 unspecified atom stereocenters. The first-order valence-corrected chi connectivity index (χ1v) is 9.35. The average molecular weight is 390 g/mol. The van der Waals surface area contributed by atoms with Crippen molar-refractivity contribution < 1.29 is 14.1 Å². The molecule has 0 aliphatic carbocycles. The van der Waals surface area contributed by atoms with Crippen LogP contribution in [-0.4, -0.2) is 46.6 Å². The second kappa shape index (κ2) is 7.79. The third kappa shape index (κ3) is 3.99. The van der Waals surface area contributed by atoms with Crippen molar-refractivity contribution in [2.75, 3.05) is 20.7 Å². The Balaban J connectivity index is 1.42. The molecular formula is C22H22N4O3. The molecule has 0 atom stereocenters. The quantitative estimate of drug-likeness (QED) is 0.541. The monoisotopic (exact) mass is 390 g/mol. The molecule has 4 aromatic rings. The molecule has 2 aromatic carbocycles. The molecule has 0 spiro atoms. The van der Waals surface area contributed by atoms with Gasteiger partial charge in [0.05, 0.1) is 7.11 Å². The zero-order valence-corrected chi connectivity index (χ0v) is 16.6. The standard InChI is InChI=1S/C22H22N4O3/c1-14-4-6-15(7-5-14)22(27)26(2)11-10-20-24-21(29-25-20)19-13-16-12-17(28-3)8-9-18(16)23-19/h4-9,12-13,23H,10-11H2,1-3H3. The molecule has 0 fully saturated rings. The summed E-state index contributed by atoms with van der Waals surface area (Å²) in [5.74, 6) is 1.73. The number of carbonyl (C=O) groups excluding carboxylic acids is 1. The molecule has 4 rings (SSSR count). The predicted molar refractivity (Wildman–Crippen MR) is 110 cm³/mol. The van der Waals surface area contributed by atoms with Gasteiger partial charge in [-0.05, 0) is 43.3 Å². The minimum Gasteiger partial charge on any atom is -0.497 e. The van der Waals surface area contributed by atoms with Gasteiger partial charge in [-0.3, -0.25) is 4.79 Å². The van der Waals surface area contributed by atoms with E-state index in [-0.39, 0.29) is 5.91 Å². The van der Waals surface area contributed by atoms with Gasteiger partial charge in [-0.2, -0.15) is 4.98 Å². The van der Waals surface area contributed by atoms with Crippen LogP contribution in [0.3, 0.4) is 0 Å². The lowest BCUT2D eigenvalue weighted by Crippen LogP contribution is -2.29. The molecule has 1 amide bonds. The molecule has 7 heteroatoms. The normalized spacial score (nSPS) is 11.0. The maximum Gasteiger partial charge on any atom is 0.274 e. The maximum absolute atomic E-state index is 12.5. The van der Waals surface area contributed by atoms with Crippen molar-refractivity contribution in [3.63, 3.8) is 0 Å². The Bertz CT molecular complexity index is 1140. The Kier molecular flexibility index (Phi) is 5.03. The van der Waals surface area contributed by atoms with Gasteiger partial charge in [-0.1, -0.05) is 22.9 Å². The number of aromatic nitrogens is 3. The molecular weight excluding hydrogens is 368 g/mol. The zero-order chi connectivity index (χ0) is 20.4.